The molecule has 0 radical (unpaired) electrons. The molecule has 6 heteroatoms. The maximum Gasteiger partial charge on any atom is 0.211 e. The van der Waals surface area contributed by atoms with Crippen LogP contribution in [0.15, 0.2) is 41.0 Å². The van der Waals surface area contributed by atoms with Gasteiger partial charge in [-0.1, -0.05) is 0 Å². The molecule has 3 aromatic rings. The summed E-state index contributed by atoms with van der Waals surface area (Å²) in [6.45, 7) is 1.78. The predicted octanol–water partition coefficient (Wildman–Crippen LogP) is 3.37. The summed E-state index contributed by atoms with van der Waals surface area (Å²) in [7, 11) is 3.16. The molecule has 0 saturated heterocycles. The number of aromatic nitrogens is 2. The maximum absolute atomic E-state index is 10.2. The van der Waals surface area contributed by atoms with Crippen molar-refractivity contribution in [2.24, 2.45) is 0 Å². The van der Waals surface area contributed by atoms with E-state index in [1.807, 2.05) is 12.1 Å². The normalized spacial score (nSPS) is 10.7. The third-order valence-electron chi connectivity index (χ3n) is 3.48. The number of furan rings is 1. The summed E-state index contributed by atoms with van der Waals surface area (Å²) in [5.41, 5.74) is 2.07. The second-order valence-electron chi connectivity index (χ2n) is 4.73. The minimum atomic E-state index is 0.354. The van der Waals surface area contributed by atoms with Crippen LogP contribution in [-0.4, -0.2) is 29.1 Å². The van der Waals surface area contributed by atoms with Crippen LogP contribution in [-0.2, 0) is 0 Å². The SMILES string of the molecule is COc1ccc(-c2nc(-c3ccco3)n(O)c2C)cc1OC. The van der Waals surface area contributed by atoms with Crippen molar-refractivity contribution in [3.8, 4) is 34.3 Å². The molecule has 0 unspecified atom stereocenters. The van der Waals surface area contributed by atoms with Gasteiger partial charge in [0.25, 0.3) is 0 Å². The number of nitrogens with zero attached hydrogens (tertiary/aromatic N) is 2. The molecule has 6 nitrogen and oxygen atoms in total. The molecular formula is C16H16N2O4. The van der Waals surface area contributed by atoms with E-state index in [1.165, 1.54) is 6.26 Å². The van der Waals surface area contributed by atoms with Crippen molar-refractivity contribution in [1.82, 2.24) is 9.71 Å². The first-order valence-corrected chi connectivity index (χ1v) is 6.70. The van der Waals surface area contributed by atoms with Crippen molar-refractivity contribution in [1.29, 1.82) is 0 Å². The topological polar surface area (TPSA) is 69.7 Å². The highest BCUT2D eigenvalue weighted by Gasteiger charge is 2.19. The largest absolute Gasteiger partial charge is 0.493 e. The van der Waals surface area contributed by atoms with Gasteiger partial charge >= 0.3 is 0 Å². The second kappa shape index (κ2) is 5.48. The van der Waals surface area contributed by atoms with E-state index in [0.717, 1.165) is 10.3 Å². The van der Waals surface area contributed by atoms with Gasteiger partial charge in [-0.05, 0) is 37.3 Å². The van der Waals surface area contributed by atoms with Crippen molar-refractivity contribution in [3.05, 3.63) is 42.3 Å². The number of methoxy groups -OCH3 is 2. The molecule has 0 spiro atoms. The predicted molar refractivity (Wildman–Crippen MR) is 80.4 cm³/mol. The van der Waals surface area contributed by atoms with Crippen LogP contribution in [0.25, 0.3) is 22.8 Å². The molecule has 0 amide bonds. The minimum absolute atomic E-state index is 0.354. The molecule has 2 aromatic heterocycles. The maximum atomic E-state index is 10.2. The van der Waals surface area contributed by atoms with E-state index in [4.69, 9.17) is 13.9 Å². The van der Waals surface area contributed by atoms with Crippen LogP contribution >= 0.6 is 0 Å². The molecule has 114 valence electrons. The minimum Gasteiger partial charge on any atom is -0.493 e. The third kappa shape index (κ3) is 2.18. The van der Waals surface area contributed by atoms with Gasteiger partial charge in [0.15, 0.2) is 17.3 Å². The highest BCUT2D eigenvalue weighted by atomic mass is 16.5. The lowest BCUT2D eigenvalue weighted by Gasteiger charge is -2.08. The van der Waals surface area contributed by atoms with E-state index in [9.17, 15) is 5.21 Å². The van der Waals surface area contributed by atoms with Crippen LogP contribution in [0.5, 0.6) is 11.5 Å². The van der Waals surface area contributed by atoms with Crippen LogP contribution in [0.4, 0.5) is 0 Å². The summed E-state index contributed by atoms with van der Waals surface area (Å²) in [5.74, 6) is 2.09. The molecule has 0 atom stereocenters. The lowest BCUT2D eigenvalue weighted by molar-refractivity contribution is 0.183. The summed E-state index contributed by atoms with van der Waals surface area (Å²) >= 11 is 0. The van der Waals surface area contributed by atoms with Gasteiger partial charge in [0.2, 0.25) is 5.82 Å². The van der Waals surface area contributed by atoms with Crippen LogP contribution in [0, 0.1) is 6.92 Å². The molecule has 3 rings (SSSR count). The Kier molecular flexibility index (Phi) is 3.50. The molecule has 0 saturated carbocycles. The monoisotopic (exact) mass is 300 g/mol. The van der Waals surface area contributed by atoms with Gasteiger partial charge in [-0.2, -0.15) is 4.73 Å². The summed E-state index contributed by atoms with van der Waals surface area (Å²) < 4.78 is 16.9. The van der Waals surface area contributed by atoms with E-state index < -0.39 is 0 Å². The Bertz CT molecular complexity index is 791. The second-order valence-corrected chi connectivity index (χ2v) is 4.73. The van der Waals surface area contributed by atoms with E-state index in [1.54, 1.807) is 39.3 Å². The number of ether oxygens (including phenoxy) is 2. The van der Waals surface area contributed by atoms with Crippen molar-refractivity contribution in [3.63, 3.8) is 0 Å². The Morgan fingerprint density at radius 1 is 1.14 bits per heavy atom. The third-order valence-corrected chi connectivity index (χ3v) is 3.48. The van der Waals surface area contributed by atoms with Crippen molar-refractivity contribution >= 4 is 0 Å². The zero-order valence-electron chi connectivity index (χ0n) is 12.5. The van der Waals surface area contributed by atoms with Crippen molar-refractivity contribution in [2.45, 2.75) is 6.92 Å². The lowest BCUT2D eigenvalue weighted by Crippen LogP contribution is -1.95. The Morgan fingerprint density at radius 3 is 2.55 bits per heavy atom. The first-order chi connectivity index (χ1) is 10.7. The van der Waals surface area contributed by atoms with E-state index in [2.05, 4.69) is 4.98 Å². The Balaban J connectivity index is 2.11. The van der Waals surface area contributed by atoms with E-state index >= 15 is 0 Å². The lowest BCUT2D eigenvalue weighted by atomic mass is 10.1. The molecule has 0 aliphatic carbocycles. The quantitative estimate of drug-likeness (QED) is 0.748. The summed E-state index contributed by atoms with van der Waals surface area (Å²) in [6, 6.07) is 8.97. The van der Waals surface area contributed by atoms with E-state index in [-0.39, 0.29) is 0 Å². The fourth-order valence-corrected chi connectivity index (χ4v) is 2.32. The molecule has 1 N–H and O–H groups in total. The number of hydrogen-bond donors (Lipinski definition) is 1. The van der Waals surface area contributed by atoms with Crippen molar-refractivity contribution in [2.75, 3.05) is 14.2 Å². The first kappa shape index (κ1) is 14.1. The number of imidazole rings is 1. The summed E-state index contributed by atoms with van der Waals surface area (Å²) in [6.07, 6.45) is 1.54. The molecule has 2 heterocycles. The molecule has 1 aromatic carbocycles. The van der Waals surface area contributed by atoms with Gasteiger partial charge in [-0.3, -0.25) is 0 Å². The first-order valence-electron chi connectivity index (χ1n) is 6.70. The van der Waals surface area contributed by atoms with Crippen molar-refractivity contribution < 1.29 is 19.1 Å². The van der Waals surface area contributed by atoms with Gasteiger partial charge in [0, 0.05) is 5.56 Å². The Labute approximate surface area is 127 Å². The number of rotatable bonds is 4. The van der Waals surface area contributed by atoms with Gasteiger partial charge in [0.05, 0.1) is 31.9 Å². The number of hydrogen-bond acceptors (Lipinski definition) is 5. The highest BCUT2D eigenvalue weighted by molar-refractivity contribution is 5.69. The average molecular weight is 300 g/mol. The average Bonchev–Trinajstić information content (AvgIpc) is 3.16. The standard InChI is InChI=1S/C16H16N2O4/c1-10-15(11-6-7-12(20-2)14(9-11)21-3)17-16(18(10)19)13-5-4-8-22-13/h4-9,19H,1-3H3. The fourth-order valence-electron chi connectivity index (χ4n) is 2.32. The van der Waals surface area contributed by atoms with Gasteiger partial charge in [-0.15, -0.1) is 0 Å². The van der Waals surface area contributed by atoms with Gasteiger partial charge in [0.1, 0.15) is 0 Å². The number of benzene rings is 1. The van der Waals surface area contributed by atoms with Crippen LogP contribution in [0.2, 0.25) is 0 Å². The smallest absolute Gasteiger partial charge is 0.211 e. The zero-order chi connectivity index (χ0) is 15.7. The van der Waals surface area contributed by atoms with Crippen LogP contribution < -0.4 is 9.47 Å². The molecular weight excluding hydrogens is 284 g/mol. The Morgan fingerprint density at radius 2 is 1.91 bits per heavy atom. The molecule has 0 fully saturated rings. The zero-order valence-corrected chi connectivity index (χ0v) is 12.5. The highest BCUT2D eigenvalue weighted by Crippen LogP contribution is 2.34. The molecule has 0 aliphatic heterocycles. The fraction of sp³-hybridized carbons (Fsp3) is 0.188. The van der Waals surface area contributed by atoms with Crippen LogP contribution in [0.3, 0.4) is 0 Å². The van der Waals surface area contributed by atoms with Crippen LogP contribution in [0.1, 0.15) is 5.69 Å². The summed E-state index contributed by atoms with van der Waals surface area (Å²) in [5, 5.41) is 10.2. The molecule has 0 aliphatic rings. The van der Waals surface area contributed by atoms with Gasteiger partial charge in [-0.25, -0.2) is 4.98 Å². The Hall–Kier alpha value is -2.89. The molecule has 22 heavy (non-hydrogen) atoms. The molecule has 0 bridgehead atoms. The summed E-state index contributed by atoms with van der Waals surface area (Å²) in [4.78, 5) is 4.48. The van der Waals surface area contributed by atoms with Gasteiger partial charge < -0.3 is 19.1 Å². The van der Waals surface area contributed by atoms with E-state index in [0.29, 0.717) is 34.5 Å².